The third-order valence-electron chi connectivity index (χ3n) is 6.31. The van der Waals surface area contributed by atoms with Gasteiger partial charge in [-0.15, -0.1) is 15.6 Å². The molecule has 2 unspecified atom stereocenters. The molecule has 2 atom stereocenters. The van der Waals surface area contributed by atoms with Crippen molar-refractivity contribution in [3.05, 3.63) is 41.8 Å². The van der Waals surface area contributed by atoms with Crippen molar-refractivity contribution in [1.29, 1.82) is 0 Å². The molecule has 45 heavy (non-hydrogen) atoms. The van der Waals surface area contributed by atoms with E-state index in [4.69, 9.17) is 25.6 Å². The van der Waals surface area contributed by atoms with Crippen LogP contribution >= 0.6 is 11.3 Å². The average Bonchev–Trinajstić information content (AvgIpc) is 3.64. The van der Waals surface area contributed by atoms with E-state index >= 15 is 0 Å². The van der Waals surface area contributed by atoms with Gasteiger partial charge in [0.05, 0.1) is 23.6 Å². The van der Waals surface area contributed by atoms with Gasteiger partial charge in [0.25, 0.3) is 17.9 Å². The number of hydrogen-bond donors (Lipinski definition) is 5. The normalized spacial score (nSPS) is 17.0. The largest absolute Gasteiger partial charge is 0.487 e. The second-order valence-electron chi connectivity index (χ2n) is 9.96. The monoisotopic (exact) mass is 667 g/mol. The second-order valence-corrected chi connectivity index (χ2v) is 11.9. The maximum Gasteiger partial charge on any atom is 0.418 e. The number of nitrogens with one attached hydrogen (secondary N) is 1. The number of carboxylic acids is 1. The molecule has 19 nitrogen and oxygen atoms in total. The first-order valence-electron chi connectivity index (χ1n) is 13.0. The van der Waals surface area contributed by atoms with E-state index in [9.17, 15) is 27.9 Å². The predicted octanol–water partition coefficient (Wildman–Crippen LogP) is -0.574. The molecule has 1 saturated heterocycles. The molecule has 2 amide bonds. The number of carbonyl (C=O) groups excluding carboxylic acids is 2. The summed E-state index contributed by atoms with van der Waals surface area (Å²) in [7, 11) is -5.02. The maximum absolute atomic E-state index is 13.2. The highest BCUT2D eigenvalue weighted by Crippen LogP contribution is 2.33. The number of oxime groups is 1. The van der Waals surface area contributed by atoms with E-state index in [2.05, 4.69) is 29.8 Å². The topological polar surface area (TPSA) is 277 Å². The lowest BCUT2D eigenvalue weighted by molar-refractivity contribution is -0.218. The molecule has 7 N–H and O–H groups in total. The zero-order chi connectivity index (χ0) is 32.9. The van der Waals surface area contributed by atoms with Crippen LogP contribution in [0.15, 0.2) is 41.3 Å². The van der Waals surface area contributed by atoms with Gasteiger partial charge in [-0.3, -0.25) is 23.8 Å². The zero-order valence-electron chi connectivity index (χ0n) is 23.8. The summed E-state index contributed by atoms with van der Waals surface area (Å²) < 4.78 is 42.6. The molecule has 1 fully saturated rings. The van der Waals surface area contributed by atoms with Crippen LogP contribution in [0.5, 0.6) is 5.75 Å². The molecule has 0 aromatic carbocycles. The Kier molecular flexibility index (Phi) is 9.97. The van der Waals surface area contributed by atoms with Crippen molar-refractivity contribution in [1.82, 2.24) is 30.1 Å². The van der Waals surface area contributed by atoms with E-state index in [-0.39, 0.29) is 16.6 Å². The van der Waals surface area contributed by atoms with Gasteiger partial charge in [-0.25, -0.2) is 9.78 Å². The van der Waals surface area contributed by atoms with Crippen LogP contribution in [-0.4, -0.2) is 97.2 Å². The lowest BCUT2D eigenvalue weighted by Crippen LogP contribution is -2.76. The first-order valence-corrected chi connectivity index (χ1v) is 15.3. The van der Waals surface area contributed by atoms with E-state index in [1.54, 1.807) is 23.0 Å². The highest BCUT2D eigenvalue weighted by molar-refractivity contribution is 7.80. The minimum Gasteiger partial charge on any atom is -0.487 e. The highest BCUT2D eigenvalue weighted by Gasteiger charge is 2.58. The molecule has 21 heteroatoms. The van der Waals surface area contributed by atoms with Gasteiger partial charge in [0.2, 0.25) is 0 Å². The van der Waals surface area contributed by atoms with Gasteiger partial charge in [-0.05, 0) is 38.9 Å². The smallest absolute Gasteiger partial charge is 0.418 e. The molecular weight excluding hydrogens is 638 g/mol. The Morgan fingerprint density at radius 2 is 2.04 bits per heavy atom. The number of hydrogen-bond acceptors (Lipinski definition) is 15. The van der Waals surface area contributed by atoms with Crippen LogP contribution in [0.2, 0.25) is 0 Å². The van der Waals surface area contributed by atoms with Crippen LogP contribution in [0.4, 0.5) is 5.13 Å². The Morgan fingerprint density at radius 3 is 2.62 bits per heavy atom. The fraction of sp³-hybridized carbons (Fsp3) is 0.375. The Labute approximate surface area is 259 Å². The number of carboxylic acid groups (broad SMARTS) is 1. The summed E-state index contributed by atoms with van der Waals surface area (Å²) in [6, 6.07) is 1.90. The summed E-state index contributed by atoms with van der Waals surface area (Å²) in [6.45, 7) is 3.37. The molecule has 1 aliphatic rings. The highest BCUT2D eigenvalue weighted by atomic mass is 32.3. The molecule has 0 saturated carbocycles. The first kappa shape index (κ1) is 33.2. The minimum atomic E-state index is -5.02. The summed E-state index contributed by atoms with van der Waals surface area (Å²) in [6.07, 6.45) is 3.93. The number of pyridine rings is 1. The molecule has 0 spiro atoms. The number of aromatic nitrogens is 4. The van der Waals surface area contributed by atoms with Crippen LogP contribution < -0.4 is 21.5 Å². The Bertz CT molecular complexity index is 1690. The molecule has 0 bridgehead atoms. The third-order valence-corrected chi connectivity index (χ3v) is 7.32. The molecule has 3 aromatic heterocycles. The summed E-state index contributed by atoms with van der Waals surface area (Å²) in [4.78, 5) is 51.0. The van der Waals surface area contributed by atoms with E-state index in [1.807, 2.05) is 6.20 Å². The van der Waals surface area contributed by atoms with E-state index in [0.29, 0.717) is 23.8 Å². The number of anilines is 1. The standard InChI is InChI=1S/C24H29N9O10S2/c1-24(2)19(21(35)33(24)43-45(38,39)40)30-20(34)18(16-12-44-23(26)29-16)31-42-17(22(36)37)11-41-14-4-5-15(27-9-14)13-8-28-32(10-13)7-3-6-25/h4-5,8-10,12,17,19H,3,6-7,11,25H2,1-2H3,(H2,26,29)(H,30,34)(H,36,37)(H,38,39,40)/b31-18-. The van der Waals surface area contributed by atoms with Crippen LogP contribution in [0.1, 0.15) is 26.0 Å². The number of nitrogen functional groups attached to an aromatic ring is 1. The molecule has 4 heterocycles. The molecule has 0 aliphatic carbocycles. The van der Waals surface area contributed by atoms with E-state index < -0.39 is 58.2 Å². The number of nitrogens with zero attached hydrogens (tertiary/aromatic N) is 6. The third kappa shape index (κ3) is 8.07. The number of rotatable bonds is 15. The van der Waals surface area contributed by atoms with Gasteiger partial charge in [-0.2, -0.15) is 18.6 Å². The first-order chi connectivity index (χ1) is 21.2. The zero-order valence-corrected chi connectivity index (χ0v) is 25.4. The van der Waals surface area contributed by atoms with Crippen LogP contribution in [0, 0.1) is 0 Å². The quantitative estimate of drug-likeness (QED) is 0.0587. The molecular formula is C24H29N9O10S2. The summed E-state index contributed by atoms with van der Waals surface area (Å²) in [5.74, 6) is -3.28. The Balaban J connectivity index is 1.44. The summed E-state index contributed by atoms with van der Waals surface area (Å²) in [5.41, 5.74) is 10.5. The number of ether oxygens (including phenoxy) is 1. The fourth-order valence-electron chi connectivity index (χ4n) is 3.96. The Morgan fingerprint density at radius 1 is 1.29 bits per heavy atom. The number of β-lactam (4-membered cyclic amide) rings is 1. The number of thiazole rings is 1. The molecule has 242 valence electrons. The maximum atomic E-state index is 13.2. The van der Waals surface area contributed by atoms with Gasteiger partial charge < -0.3 is 31.5 Å². The average molecular weight is 668 g/mol. The van der Waals surface area contributed by atoms with Gasteiger partial charge in [0, 0.05) is 23.7 Å². The van der Waals surface area contributed by atoms with Crippen molar-refractivity contribution >= 4 is 50.4 Å². The number of amides is 2. The number of carbonyl (C=O) groups is 3. The van der Waals surface area contributed by atoms with Crippen molar-refractivity contribution in [2.45, 2.75) is 44.5 Å². The van der Waals surface area contributed by atoms with Crippen molar-refractivity contribution in [2.75, 3.05) is 18.9 Å². The number of aliphatic carboxylic acids is 1. The van der Waals surface area contributed by atoms with Crippen LogP contribution in [0.25, 0.3) is 11.3 Å². The van der Waals surface area contributed by atoms with E-state index in [0.717, 1.165) is 23.3 Å². The number of aryl methyl sites for hydroxylation is 1. The predicted molar refractivity (Wildman–Crippen MR) is 156 cm³/mol. The van der Waals surface area contributed by atoms with Crippen molar-refractivity contribution in [3.8, 4) is 17.0 Å². The molecule has 4 rings (SSSR count). The molecule has 3 aromatic rings. The molecule has 0 radical (unpaired) electrons. The van der Waals surface area contributed by atoms with Crippen molar-refractivity contribution in [2.24, 2.45) is 10.9 Å². The van der Waals surface area contributed by atoms with Crippen molar-refractivity contribution < 1.29 is 46.3 Å². The molecule has 1 aliphatic heterocycles. The lowest BCUT2D eigenvalue weighted by Gasteiger charge is -2.50. The van der Waals surface area contributed by atoms with Crippen LogP contribution in [-0.2, 0) is 40.4 Å². The number of nitrogens with two attached hydrogens (primary N) is 2. The Hall–Kier alpha value is -4.70. The van der Waals surface area contributed by atoms with Gasteiger partial charge >= 0.3 is 16.4 Å². The SMILES string of the molecule is CC1(C)C(NC(=O)/C(=N\OC(COc2ccc(-c3cnn(CCCN)c3)nc2)C(=O)O)c2csc(N)n2)C(=O)N1OS(=O)(=O)O. The van der Waals surface area contributed by atoms with Gasteiger partial charge in [0.15, 0.2) is 10.8 Å². The van der Waals surface area contributed by atoms with E-state index in [1.165, 1.54) is 25.4 Å². The van der Waals surface area contributed by atoms with Gasteiger partial charge in [-0.1, -0.05) is 5.16 Å². The lowest BCUT2D eigenvalue weighted by atomic mass is 9.84. The summed E-state index contributed by atoms with van der Waals surface area (Å²) in [5, 5.41) is 21.7. The fourth-order valence-corrected chi connectivity index (χ4v) is 4.96. The minimum absolute atomic E-state index is 0.0512. The van der Waals surface area contributed by atoms with Gasteiger partial charge in [0.1, 0.15) is 24.1 Å². The number of hydroxylamine groups is 2. The van der Waals surface area contributed by atoms with Crippen LogP contribution in [0.3, 0.4) is 0 Å². The second kappa shape index (κ2) is 13.5. The summed E-state index contributed by atoms with van der Waals surface area (Å²) >= 11 is 0.950. The van der Waals surface area contributed by atoms with Crippen molar-refractivity contribution in [3.63, 3.8) is 0 Å².